The van der Waals surface area contributed by atoms with Gasteiger partial charge in [0.2, 0.25) is 0 Å². The molecule has 0 aliphatic rings. The van der Waals surface area contributed by atoms with Crippen LogP contribution in [0, 0.1) is 6.92 Å². The average Bonchev–Trinajstić information content (AvgIpc) is 2.21. The lowest BCUT2D eigenvalue weighted by molar-refractivity contribution is -0.249. The van der Waals surface area contributed by atoms with Crippen LogP contribution in [0.5, 0.6) is 0 Å². The maximum atomic E-state index is 12.9. The summed E-state index contributed by atoms with van der Waals surface area (Å²) in [7, 11) is 0. The molecule has 106 valence electrons. The molecule has 0 radical (unpaired) electrons. The Morgan fingerprint density at radius 2 is 1.53 bits per heavy atom. The van der Waals surface area contributed by atoms with Crippen LogP contribution in [-0.2, 0) is 0 Å². The van der Waals surface area contributed by atoms with Crippen molar-refractivity contribution in [3.05, 3.63) is 27.7 Å². The molecule has 1 aromatic carbocycles. The van der Waals surface area contributed by atoms with Crippen LogP contribution < -0.4 is 5.73 Å². The Kier molecular flexibility index (Phi) is 4.31. The van der Waals surface area contributed by atoms with Crippen molar-refractivity contribution in [1.29, 1.82) is 0 Å². The molecule has 0 saturated carbocycles. The van der Waals surface area contributed by atoms with Gasteiger partial charge in [0, 0.05) is 0 Å². The summed E-state index contributed by atoms with van der Waals surface area (Å²) in [6, 6.07) is 2.62. The van der Waals surface area contributed by atoms with Crippen molar-refractivity contribution < 1.29 is 22.0 Å². The van der Waals surface area contributed by atoms with E-state index >= 15 is 0 Å². The van der Waals surface area contributed by atoms with E-state index in [0.29, 0.717) is 5.56 Å². The average molecular weight is 321 g/mol. The van der Waals surface area contributed by atoms with E-state index in [9.17, 15) is 22.0 Å². The first-order valence-electron chi connectivity index (χ1n) is 4.71. The summed E-state index contributed by atoms with van der Waals surface area (Å²) in [5.74, 6) is -7.18. The highest BCUT2D eigenvalue weighted by Gasteiger charge is 2.60. The molecule has 0 unspecified atom stereocenters. The van der Waals surface area contributed by atoms with Crippen molar-refractivity contribution in [3.8, 4) is 0 Å². The van der Waals surface area contributed by atoms with E-state index < -0.39 is 23.6 Å². The Hall–Kier alpha value is -1.08. The van der Waals surface area contributed by atoms with E-state index in [1.807, 2.05) is 0 Å². The molecule has 0 aromatic heterocycles. The van der Waals surface area contributed by atoms with Gasteiger partial charge in [-0.05, 0) is 24.6 Å². The van der Waals surface area contributed by atoms with Crippen molar-refractivity contribution >= 4 is 34.7 Å². The fourth-order valence-electron chi connectivity index (χ4n) is 1.13. The summed E-state index contributed by atoms with van der Waals surface area (Å²) >= 11 is 11.3. The molecule has 19 heavy (non-hydrogen) atoms. The Labute approximate surface area is 115 Å². The predicted octanol–water partition coefficient (Wildman–Crippen LogP) is 4.49. The number of benzene rings is 1. The molecule has 0 spiro atoms. The molecule has 0 atom stereocenters. The van der Waals surface area contributed by atoms with Gasteiger partial charge < -0.3 is 5.73 Å². The maximum absolute atomic E-state index is 12.9. The lowest BCUT2D eigenvalue weighted by Gasteiger charge is -2.19. The lowest BCUT2D eigenvalue weighted by atomic mass is 10.2. The molecule has 2 nitrogen and oxygen atoms in total. The third-order valence-electron chi connectivity index (χ3n) is 2.07. The molecule has 0 bridgehead atoms. The second kappa shape index (κ2) is 5.13. The van der Waals surface area contributed by atoms with Crippen LogP contribution in [-0.4, -0.2) is 17.9 Å². The first-order valence-corrected chi connectivity index (χ1v) is 5.47. The van der Waals surface area contributed by atoms with Gasteiger partial charge in [-0.3, -0.25) is 0 Å². The van der Waals surface area contributed by atoms with E-state index in [2.05, 4.69) is 4.99 Å². The molecule has 2 N–H and O–H groups in total. The number of alkyl halides is 5. The fraction of sp³-hybridized carbons (Fsp3) is 0.300. The number of hydrogen-bond acceptors (Lipinski definition) is 1. The van der Waals surface area contributed by atoms with Crippen molar-refractivity contribution in [1.82, 2.24) is 0 Å². The molecule has 0 fully saturated rings. The number of nitrogens with zero attached hydrogens (tertiary/aromatic N) is 1. The summed E-state index contributed by atoms with van der Waals surface area (Å²) in [6.07, 6.45) is -5.84. The van der Waals surface area contributed by atoms with Gasteiger partial charge in [0.15, 0.2) is 5.84 Å². The molecular weight excluding hydrogens is 314 g/mol. The van der Waals surface area contributed by atoms with E-state index in [1.54, 1.807) is 6.92 Å². The highest BCUT2D eigenvalue weighted by atomic mass is 35.5. The zero-order chi connectivity index (χ0) is 15.0. The SMILES string of the molecule is Cc1cc(Cl)c(N=C(N)C(F)(F)C(F)(F)F)c(Cl)c1. The van der Waals surface area contributed by atoms with Crippen molar-refractivity contribution in [2.45, 2.75) is 19.0 Å². The van der Waals surface area contributed by atoms with E-state index in [4.69, 9.17) is 28.9 Å². The van der Waals surface area contributed by atoms with Gasteiger partial charge in [-0.2, -0.15) is 22.0 Å². The number of aryl methyl sites for hydroxylation is 1. The van der Waals surface area contributed by atoms with Crippen LogP contribution in [0.4, 0.5) is 27.6 Å². The number of amidine groups is 1. The van der Waals surface area contributed by atoms with Crippen LogP contribution in [0.3, 0.4) is 0 Å². The zero-order valence-corrected chi connectivity index (χ0v) is 10.8. The number of halogens is 7. The number of hydrogen-bond donors (Lipinski definition) is 1. The maximum Gasteiger partial charge on any atom is 0.461 e. The highest BCUT2D eigenvalue weighted by Crippen LogP contribution is 2.39. The Bertz CT molecular complexity index is 502. The molecule has 0 saturated heterocycles. The minimum absolute atomic E-state index is 0.175. The fourth-order valence-corrected chi connectivity index (χ4v) is 1.82. The molecule has 0 heterocycles. The van der Waals surface area contributed by atoms with Gasteiger partial charge in [-0.25, -0.2) is 4.99 Å². The molecule has 1 aromatic rings. The highest BCUT2D eigenvalue weighted by molar-refractivity contribution is 6.39. The minimum Gasteiger partial charge on any atom is -0.382 e. The van der Waals surface area contributed by atoms with Gasteiger partial charge in [-0.1, -0.05) is 23.2 Å². The number of rotatable bonds is 2. The van der Waals surface area contributed by atoms with E-state index in [0.717, 1.165) is 0 Å². The number of aliphatic imine (C=N–C) groups is 1. The number of nitrogens with two attached hydrogens (primary N) is 1. The van der Waals surface area contributed by atoms with Crippen LogP contribution in [0.1, 0.15) is 5.56 Å². The van der Waals surface area contributed by atoms with E-state index in [1.165, 1.54) is 12.1 Å². The molecule has 1 rings (SSSR count). The van der Waals surface area contributed by atoms with Gasteiger partial charge in [0.25, 0.3) is 0 Å². The van der Waals surface area contributed by atoms with Gasteiger partial charge >= 0.3 is 12.1 Å². The van der Waals surface area contributed by atoms with Crippen molar-refractivity contribution in [2.75, 3.05) is 0 Å². The second-order valence-electron chi connectivity index (χ2n) is 3.65. The first kappa shape index (κ1) is 16.0. The Morgan fingerprint density at radius 1 is 1.11 bits per heavy atom. The normalized spacial score (nSPS) is 13.8. The second-order valence-corrected chi connectivity index (χ2v) is 4.46. The topological polar surface area (TPSA) is 38.4 Å². The Morgan fingerprint density at radius 3 is 1.89 bits per heavy atom. The summed E-state index contributed by atoms with van der Waals surface area (Å²) in [5.41, 5.74) is 4.87. The van der Waals surface area contributed by atoms with Gasteiger partial charge in [-0.15, -0.1) is 0 Å². The molecule has 0 aliphatic heterocycles. The standard InChI is InChI=1S/C10H7Cl2F5N2/c1-4-2-5(11)7(6(12)3-4)19-8(18)9(13,14)10(15,16)17/h2-3H,1H3,(H2,18,19). The van der Waals surface area contributed by atoms with Crippen LogP contribution in [0.25, 0.3) is 0 Å². The van der Waals surface area contributed by atoms with E-state index in [-0.39, 0.29) is 10.0 Å². The summed E-state index contributed by atoms with van der Waals surface area (Å²) < 4.78 is 62.0. The largest absolute Gasteiger partial charge is 0.461 e. The predicted molar refractivity (Wildman–Crippen MR) is 63.5 cm³/mol. The summed E-state index contributed by atoms with van der Waals surface area (Å²) in [6.45, 7) is 1.61. The Balaban J connectivity index is 3.31. The van der Waals surface area contributed by atoms with Crippen LogP contribution in [0.15, 0.2) is 17.1 Å². The summed E-state index contributed by atoms with van der Waals surface area (Å²) in [4.78, 5) is 3.00. The lowest BCUT2D eigenvalue weighted by Crippen LogP contribution is -2.48. The van der Waals surface area contributed by atoms with Crippen molar-refractivity contribution in [2.24, 2.45) is 10.7 Å². The smallest absolute Gasteiger partial charge is 0.382 e. The zero-order valence-electron chi connectivity index (χ0n) is 9.33. The third-order valence-corrected chi connectivity index (χ3v) is 2.65. The molecule has 9 heteroatoms. The molecular formula is C10H7Cl2F5N2. The molecule has 0 aliphatic carbocycles. The van der Waals surface area contributed by atoms with Crippen LogP contribution in [0.2, 0.25) is 10.0 Å². The monoisotopic (exact) mass is 320 g/mol. The first-order chi connectivity index (χ1) is 8.46. The van der Waals surface area contributed by atoms with Crippen LogP contribution >= 0.6 is 23.2 Å². The minimum atomic E-state index is -5.84. The van der Waals surface area contributed by atoms with Gasteiger partial charge in [0.05, 0.1) is 10.0 Å². The quantitative estimate of drug-likeness (QED) is 0.486. The third kappa shape index (κ3) is 3.27. The molecule has 0 amide bonds. The van der Waals surface area contributed by atoms with Crippen molar-refractivity contribution in [3.63, 3.8) is 0 Å². The summed E-state index contributed by atoms with van der Waals surface area (Å²) in [5, 5.41) is -0.350. The van der Waals surface area contributed by atoms with Gasteiger partial charge in [0.1, 0.15) is 5.69 Å².